The molecule has 3 aromatic rings. The number of benzene rings is 1. The molecule has 1 saturated heterocycles. The molecule has 4 rings (SSSR count). The Kier molecular flexibility index (Phi) is 5.30. The van der Waals surface area contributed by atoms with Gasteiger partial charge in [-0.05, 0) is 50.1 Å². The number of rotatable bonds is 4. The lowest BCUT2D eigenvalue weighted by molar-refractivity contribution is 0.385. The number of aryl methyl sites for hydroxylation is 3. The first kappa shape index (κ1) is 19.6. The van der Waals surface area contributed by atoms with Gasteiger partial charge in [-0.3, -0.25) is 0 Å². The van der Waals surface area contributed by atoms with Gasteiger partial charge in [0, 0.05) is 37.2 Å². The van der Waals surface area contributed by atoms with Gasteiger partial charge in [0.15, 0.2) is 0 Å². The Labute approximate surface area is 174 Å². The Morgan fingerprint density at radius 1 is 1.00 bits per heavy atom. The van der Waals surface area contributed by atoms with Gasteiger partial charge in [0.1, 0.15) is 4.21 Å². The molecule has 0 unspecified atom stereocenters. The smallest absolute Gasteiger partial charge is 0.252 e. The lowest BCUT2D eigenvalue weighted by Crippen LogP contribution is -2.48. The van der Waals surface area contributed by atoms with Gasteiger partial charge >= 0.3 is 0 Å². The van der Waals surface area contributed by atoms with Crippen molar-refractivity contribution in [3.8, 4) is 10.6 Å². The molecule has 148 valence electrons. The molecule has 2 aromatic heterocycles. The monoisotopic (exact) mass is 433 g/mol. The third kappa shape index (κ3) is 3.74. The first-order valence-corrected chi connectivity index (χ1v) is 12.3. The molecule has 1 aliphatic rings. The Morgan fingerprint density at radius 2 is 1.75 bits per heavy atom. The van der Waals surface area contributed by atoms with Gasteiger partial charge in [-0.25, -0.2) is 13.4 Å². The van der Waals surface area contributed by atoms with Crippen molar-refractivity contribution < 1.29 is 8.42 Å². The Bertz CT molecular complexity index is 1090. The Morgan fingerprint density at radius 3 is 2.43 bits per heavy atom. The molecular formula is C20H23N3O2S3. The third-order valence-electron chi connectivity index (χ3n) is 4.99. The van der Waals surface area contributed by atoms with E-state index in [9.17, 15) is 8.42 Å². The highest BCUT2D eigenvalue weighted by Gasteiger charge is 2.30. The molecule has 1 aromatic carbocycles. The first-order chi connectivity index (χ1) is 13.3. The van der Waals surface area contributed by atoms with Crippen molar-refractivity contribution in [1.29, 1.82) is 0 Å². The van der Waals surface area contributed by atoms with Gasteiger partial charge in [0.25, 0.3) is 10.0 Å². The number of hydrogen-bond acceptors (Lipinski definition) is 6. The lowest BCUT2D eigenvalue weighted by Gasteiger charge is -2.36. The average molecular weight is 434 g/mol. The van der Waals surface area contributed by atoms with Crippen LogP contribution in [0.5, 0.6) is 0 Å². The predicted octanol–water partition coefficient (Wildman–Crippen LogP) is 4.31. The van der Waals surface area contributed by atoms with Crippen LogP contribution in [0.1, 0.15) is 16.1 Å². The van der Waals surface area contributed by atoms with Crippen molar-refractivity contribution >= 4 is 38.4 Å². The molecule has 3 heterocycles. The Balaban J connectivity index is 1.49. The molecule has 0 bridgehead atoms. The number of nitrogens with zero attached hydrogens (tertiary/aromatic N) is 3. The standard InChI is InChI=1S/C20H23N3O2S3/c1-14-4-5-15(2)18(12-14)22-8-10-23(11-9-22)28(24,25)20-7-6-19(27-20)17-13-26-16(3)21-17/h4-7,12-13H,8-11H2,1-3H3. The summed E-state index contributed by atoms with van der Waals surface area (Å²) in [6, 6.07) is 9.99. The summed E-state index contributed by atoms with van der Waals surface area (Å²) < 4.78 is 28.2. The summed E-state index contributed by atoms with van der Waals surface area (Å²) >= 11 is 2.88. The van der Waals surface area contributed by atoms with Crippen molar-refractivity contribution in [3.05, 3.63) is 51.8 Å². The van der Waals surface area contributed by atoms with Crippen molar-refractivity contribution in [2.24, 2.45) is 0 Å². The molecule has 0 amide bonds. The van der Waals surface area contributed by atoms with Gasteiger partial charge < -0.3 is 4.90 Å². The predicted molar refractivity (Wildman–Crippen MR) is 117 cm³/mol. The molecule has 1 aliphatic heterocycles. The molecule has 0 aliphatic carbocycles. The molecule has 0 radical (unpaired) electrons. The highest BCUT2D eigenvalue weighted by molar-refractivity contribution is 7.91. The van der Waals surface area contributed by atoms with Crippen molar-refractivity contribution in [3.63, 3.8) is 0 Å². The zero-order chi connectivity index (χ0) is 19.9. The normalized spacial score (nSPS) is 15.9. The van der Waals surface area contributed by atoms with Crippen LogP contribution in [0.4, 0.5) is 5.69 Å². The number of sulfonamides is 1. The maximum absolute atomic E-state index is 13.1. The van der Waals surface area contributed by atoms with E-state index in [1.165, 1.54) is 28.2 Å². The van der Waals surface area contributed by atoms with E-state index >= 15 is 0 Å². The zero-order valence-electron chi connectivity index (χ0n) is 16.2. The fourth-order valence-electron chi connectivity index (χ4n) is 3.43. The molecule has 1 fully saturated rings. The number of piperazine rings is 1. The van der Waals surface area contributed by atoms with E-state index in [4.69, 9.17) is 0 Å². The van der Waals surface area contributed by atoms with E-state index in [2.05, 4.69) is 41.9 Å². The van der Waals surface area contributed by atoms with Crippen LogP contribution in [-0.4, -0.2) is 43.9 Å². The maximum Gasteiger partial charge on any atom is 0.252 e. The number of hydrogen-bond donors (Lipinski definition) is 0. The molecular weight excluding hydrogens is 410 g/mol. The first-order valence-electron chi connectivity index (χ1n) is 9.19. The number of anilines is 1. The second-order valence-electron chi connectivity index (χ2n) is 7.05. The summed E-state index contributed by atoms with van der Waals surface area (Å²) in [6.07, 6.45) is 0. The minimum atomic E-state index is -3.47. The van der Waals surface area contributed by atoms with Crippen LogP contribution in [0.15, 0.2) is 39.9 Å². The minimum absolute atomic E-state index is 0.397. The fraction of sp³-hybridized carbons (Fsp3) is 0.350. The highest BCUT2D eigenvalue weighted by Crippen LogP contribution is 2.33. The lowest BCUT2D eigenvalue weighted by atomic mass is 10.1. The van der Waals surface area contributed by atoms with Crippen LogP contribution in [0.2, 0.25) is 0 Å². The molecule has 0 atom stereocenters. The fourth-order valence-corrected chi connectivity index (χ4v) is 6.96. The highest BCUT2D eigenvalue weighted by atomic mass is 32.2. The second kappa shape index (κ2) is 7.59. The van der Waals surface area contributed by atoms with Gasteiger partial charge in [0.2, 0.25) is 0 Å². The summed E-state index contributed by atoms with van der Waals surface area (Å²) in [7, 11) is -3.47. The van der Waals surface area contributed by atoms with Crippen molar-refractivity contribution in [1.82, 2.24) is 9.29 Å². The maximum atomic E-state index is 13.1. The van der Waals surface area contributed by atoms with E-state index in [0.29, 0.717) is 30.4 Å². The number of thiophene rings is 1. The van der Waals surface area contributed by atoms with E-state index in [-0.39, 0.29) is 0 Å². The van der Waals surface area contributed by atoms with Crippen LogP contribution < -0.4 is 4.90 Å². The van der Waals surface area contributed by atoms with E-state index in [1.807, 2.05) is 18.4 Å². The van der Waals surface area contributed by atoms with Gasteiger partial charge in [-0.15, -0.1) is 22.7 Å². The SMILES string of the molecule is Cc1ccc(C)c(N2CCN(S(=O)(=O)c3ccc(-c4csc(C)n4)s3)CC2)c1. The van der Waals surface area contributed by atoms with Crippen LogP contribution in [0, 0.1) is 20.8 Å². The number of thiazole rings is 1. The largest absolute Gasteiger partial charge is 0.369 e. The molecule has 8 heteroatoms. The van der Waals surface area contributed by atoms with Crippen molar-refractivity contribution in [2.75, 3.05) is 31.1 Å². The Hall–Kier alpha value is -1.74. The molecule has 28 heavy (non-hydrogen) atoms. The minimum Gasteiger partial charge on any atom is -0.369 e. The number of aromatic nitrogens is 1. The molecule has 0 N–H and O–H groups in total. The molecule has 0 saturated carbocycles. The summed E-state index contributed by atoms with van der Waals surface area (Å²) in [6.45, 7) is 8.54. The molecule has 0 spiro atoms. The van der Waals surface area contributed by atoms with Gasteiger partial charge in [-0.2, -0.15) is 4.31 Å². The molecule has 5 nitrogen and oxygen atoms in total. The third-order valence-corrected chi connectivity index (χ3v) is 9.24. The van der Waals surface area contributed by atoms with Gasteiger partial charge in [0.05, 0.1) is 15.6 Å². The second-order valence-corrected chi connectivity index (χ2v) is 11.4. The summed E-state index contributed by atoms with van der Waals surface area (Å²) in [5.74, 6) is 0. The van der Waals surface area contributed by atoms with Crippen LogP contribution in [-0.2, 0) is 10.0 Å². The van der Waals surface area contributed by atoms with E-state index in [0.717, 1.165) is 15.6 Å². The zero-order valence-corrected chi connectivity index (χ0v) is 18.6. The van der Waals surface area contributed by atoms with Crippen LogP contribution >= 0.6 is 22.7 Å². The summed E-state index contributed by atoms with van der Waals surface area (Å²) in [5.41, 5.74) is 4.51. The van der Waals surface area contributed by atoms with E-state index in [1.54, 1.807) is 21.7 Å². The quantitative estimate of drug-likeness (QED) is 0.615. The summed E-state index contributed by atoms with van der Waals surface area (Å²) in [5, 5.41) is 2.95. The van der Waals surface area contributed by atoms with E-state index < -0.39 is 10.0 Å². The topological polar surface area (TPSA) is 53.5 Å². The van der Waals surface area contributed by atoms with Crippen LogP contribution in [0.25, 0.3) is 10.6 Å². The van der Waals surface area contributed by atoms with Crippen LogP contribution in [0.3, 0.4) is 0 Å². The van der Waals surface area contributed by atoms with Gasteiger partial charge in [-0.1, -0.05) is 12.1 Å². The average Bonchev–Trinajstić information content (AvgIpc) is 3.33. The van der Waals surface area contributed by atoms with Crippen molar-refractivity contribution in [2.45, 2.75) is 25.0 Å². The summed E-state index contributed by atoms with van der Waals surface area (Å²) in [4.78, 5) is 7.65.